The molecule has 2 N–H and O–H groups in total. The fourth-order valence-corrected chi connectivity index (χ4v) is 5.07. The van der Waals surface area contributed by atoms with Crippen LogP contribution in [0.15, 0.2) is 60.4 Å². The van der Waals surface area contributed by atoms with Crippen LogP contribution in [0.25, 0.3) is 11.4 Å². The van der Waals surface area contributed by atoms with Gasteiger partial charge in [-0.2, -0.15) is 0 Å². The van der Waals surface area contributed by atoms with E-state index < -0.39 is 0 Å². The van der Waals surface area contributed by atoms with Gasteiger partial charge in [-0.25, -0.2) is 4.68 Å². The third-order valence-corrected chi connectivity index (χ3v) is 6.70. The number of nitrogens with two attached hydrogens (primary N) is 1. The molecule has 8 heteroatoms. The molecule has 165 valence electrons. The van der Waals surface area contributed by atoms with Crippen molar-refractivity contribution < 1.29 is 4.58 Å². The van der Waals surface area contributed by atoms with Gasteiger partial charge in [-0.3, -0.25) is 9.39 Å². The maximum atomic E-state index is 6.00. The lowest BCUT2D eigenvalue weighted by Gasteiger charge is -2.27. The minimum atomic E-state index is 0.772. The number of hydrogen-bond donors (Lipinski definition) is 1. The van der Waals surface area contributed by atoms with Crippen molar-refractivity contribution in [2.45, 2.75) is 39.0 Å². The predicted molar refractivity (Wildman–Crippen MR) is 131 cm³/mol. The first-order valence-corrected chi connectivity index (χ1v) is 11.9. The highest BCUT2D eigenvalue weighted by atomic mass is 15.5. The van der Waals surface area contributed by atoms with Crippen LogP contribution >= 0.6 is 0 Å². The van der Waals surface area contributed by atoms with Gasteiger partial charge in [0.1, 0.15) is 11.5 Å². The number of hydrogen-bond acceptors (Lipinski definition) is 3. The maximum absolute atomic E-state index is 6.00. The molecule has 1 saturated heterocycles. The molecule has 0 bridgehead atoms. The van der Waals surface area contributed by atoms with Crippen molar-refractivity contribution in [3.63, 3.8) is 0 Å². The van der Waals surface area contributed by atoms with E-state index in [0.29, 0.717) is 0 Å². The minimum Gasteiger partial charge on any atom is -0.399 e. The Labute approximate surface area is 194 Å². The zero-order valence-corrected chi connectivity index (χ0v) is 19.0. The Kier molecular flexibility index (Phi) is 4.93. The van der Waals surface area contributed by atoms with Crippen LogP contribution in [0.2, 0.25) is 0 Å². The number of allylic oxidation sites excluding steroid dienone is 1. The molecule has 0 atom stereocenters. The third kappa shape index (κ3) is 3.41. The van der Waals surface area contributed by atoms with Gasteiger partial charge >= 0.3 is 7.55 Å². The average molecular weight is 437 g/mol. The van der Waals surface area contributed by atoms with Crippen LogP contribution in [0.5, 0.6) is 0 Å². The highest BCUT2D eigenvalue weighted by molar-refractivity contribution is 6.40. The molecule has 0 spiro atoms. The van der Waals surface area contributed by atoms with Crippen molar-refractivity contribution in [3.05, 3.63) is 77.4 Å². The number of amidine groups is 1. The Hall–Kier alpha value is -3.55. The molecule has 0 saturated carbocycles. The lowest BCUT2D eigenvalue weighted by Crippen LogP contribution is -2.43. The van der Waals surface area contributed by atoms with E-state index in [1.807, 2.05) is 23.0 Å². The average Bonchev–Trinajstić information content (AvgIpc) is 3.57. The Morgan fingerprint density at radius 1 is 1.03 bits per heavy atom. The van der Waals surface area contributed by atoms with E-state index in [0.717, 1.165) is 54.4 Å². The van der Waals surface area contributed by atoms with Crippen molar-refractivity contribution in [1.29, 1.82) is 0 Å². The van der Waals surface area contributed by atoms with Gasteiger partial charge in [0.15, 0.2) is 0 Å². The van der Waals surface area contributed by atoms with Crippen molar-refractivity contribution >= 4 is 24.6 Å². The first-order valence-electron chi connectivity index (χ1n) is 11.9. The van der Waals surface area contributed by atoms with Gasteiger partial charge in [-0.15, -0.1) is 5.10 Å². The van der Waals surface area contributed by atoms with Crippen molar-refractivity contribution in [2.24, 2.45) is 0 Å². The Morgan fingerprint density at radius 3 is 2.64 bits per heavy atom. The summed E-state index contributed by atoms with van der Waals surface area (Å²) >= 11 is 0. The molecule has 0 aliphatic carbocycles. The van der Waals surface area contributed by atoms with E-state index in [1.165, 1.54) is 36.4 Å². The predicted octanol–water partition coefficient (Wildman–Crippen LogP) is 3.23. The van der Waals surface area contributed by atoms with Gasteiger partial charge in [-0.05, 0) is 61.6 Å². The van der Waals surface area contributed by atoms with Crippen LogP contribution in [0.4, 0.5) is 5.69 Å². The quantitative estimate of drug-likeness (QED) is 0.387. The molecule has 5 heterocycles. The van der Waals surface area contributed by atoms with Gasteiger partial charge in [0.25, 0.3) is 5.84 Å². The molecule has 7 nitrogen and oxygen atoms in total. The molecule has 3 aliphatic rings. The second-order valence-corrected chi connectivity index (χ2v) is 8.96. The third-order valence-electron chi connectivity index (χ3n) is 6.70. The van der Waals surface area contributed by atoms with Crippen molar-refractivity contribution in [2.75, 3.05) is 18.8 Å². The summed E-state index contributed by atoms with van der Waals surface area (Å²) in [5.41, 5.74) is 12.5. The maximum Gasteiger partial charge on any atom is 0.553 e. The Morgan fingerprint density at radius 2 is 1.85 bits per heavy atom. The van der Waals surface area contributed by atoms with Crippen LogP contribution in [0, 0.1) is 0 Å². The van der Waals surface area contributed by atoms with E-state index in [4.69, 9.17) is 5.73 Å². The number of benzene rings is 1. The number of fused-ring (bicyclic) bond motifs is 2. The fraction of sp³-hybridized carbons (Fsp3) is 0.320. The lowest BCUT2D eigenvalue weighted by atomic mass is 9.91. The van der Waals surface area contributed by atoms with Crippen LogP contribution in [0.1, 0.15) is 49.6 Å². The van der Waals surface area contributed by atoms with E-state index >= 15 is 0 Å². The minimum absolute atomic E-state index is 0.772. The Balaban J connectivity index is 1.50. The highest BCUT2D eigenvalue weighted by Gasteiger charge is 2.40. The normalized spacial score (nSPS) is 17.4. The van der Waals surface area contributed by atoms with Gasteiger partial charge < -0.3 is 10.2 Å². The fourth-order valence-electron chi connectivity index (χ4n) is 5.07. The Bertz CT molecular complexity index is 1280. The summed E-state index contributed by atoms with van der Waals surface area (Å²) in [4.78, 5) is 2.33. The van der Waals surface area contributed by atoms with Crippen LogP contribution in [-0.4, -0.2) is 55.3 Å². The standard InChI is InChI=1S/C25H27BN7/c1-2-6-20-17-31(29-28-20)24-14-12-22-25(18-7-9-19(27)10-8-18)21-11-13-23(32(21)26-33(22)24)30-15-4-3-5-16-30/h7-14,17,27H,2-6,15-16H2,1H3/p+1. The molecule has 2 aromatic heterocycles. The summed E-state index contributed by atoms with van der Waals surface area (Å²) in [5.74, 6) is 2.23. The summed E-state index contributed by atoms with van der Waals surface area (Å²) < 4.78 is 6.63. The lowest BCUT2D eigenvalue weighted by molar-refractivity contribution is -0.539. The number of rotatable bonds is 4. The van der Waals surface area contributed by atoms with Gasteiger partial charge in [0.05, 0.1) is 25.0 Å². The van der Waals surface area contributed by atoms with Gasteiger partial charge in [0.2, 0.25) is 0 Å². The largest absolute Gasteiger partial charge is 0.553 e. The summed E-state index contributed by atoms with van der Waals surface area (Å²) in [6.07, 6.45) is 12.3. The van der Waals surface area contributed by atoms with Crippen LogP contribution < -0.4 is 5.73 Å². The number of nitrogen functional groups attached to an aromatic ring is 1. The van der Waals surface area contributed by atoms with Gasteiger partial charge in [0, 0.05) is 23.0 Å². The second kappa shape index (κ2) is 8.10. The summed E-state index contributed by atoms with van der Waals surface area (Å²) in [5, 5.41) is 8.80. The summed E-state index contributed by atoms with van der Waals surface area (Å²) in [6, 6.07) is 12.5. The highest BCUT2D eigenvalue weighted by Crippen LogP contribution is 2.37. The summed E-state index contributed by atoms with van der Waals surface area (Å²) in [7, 11) is 2.20. The van der Waals surface area contributed by atoms with Gasteiger partial charge in [-0.1, -0.05) is 30.7 Å². The number of nitrogens with zero attached hydrogens (tertiary/aromatic N) is 6. The molecule has 33 heavy (non-hydrogen) atoms. The SMILES string of the molecule is CCCc1cn(-c2ccc3n2[B]N2C(=C3c3ccc(N)cc3)C=CC2=[N+]2CCCCC2)nn1. The molecular formula is C25H28BN7+. The molecule has 1 radical (unpaired) electrons. The molecule has 6 rings (SSSR count). The van der Waals surface area contributed by atoms with E-state index in [-0.39, 0.29) is 0 Å². The van der Waals surface area contributed by atoms with Crippen LogP contribution in [-0.2, 0) is 6.42 Å². The summed E-state index contributed by atoms with van der Waals surface area (Å²) in [6.45, 7) is 4.36. The van der Waals surface area contributed by atoms with Crippen molar-refractivity contribution in [1.82, 2.24) is 24.3 Å². The second-order valence-electron chi connectivity index (χ2n) is 8.96. The van der Waals surface area contributed by atoms with Crippen molar-refractivity contribution in [3.8, 4) is 5.82 Å². The number of aromatic nitrogens is 4. The number of piperidine rings is 1. The first kappa shape index (κ1) is 20.1. The smallest absolute Gasteiger partial charge is 0.399 e. The molecule has 1 aromatic carbocycles. The first-order chi connectivity index (χ1) is 16.2. The molecule has 0 unspecified atom stereocenters. The zero-order valence-electron chi connectivity index (χ0n) is 19.0. The molecule has 0 amide bonds. The molecular weight excluding hydrogens is 409 g/mol. The zero-order chi connectivity index (χ0) is 22.4. The van der Waals surface area contributed by atoms with E-state index in [9.17, 15) is 0 Å². The monoisotopic (exact) mass is 437 g/mol. The van der Waals surface area contributed by atoms with Crippen LogP contribution in [0.3, 0.4) is 0 Å². The number of anilines is 1. The van der Waals surface area contributed by atoms with E-state index in [2.05, 4.69) is 75.1 Å². The topological polar surface area (TPSA) is 67.9 Å². The van der Waals surface area contributed by atoms with E-state index in [1.54, 1.807) is 0 Å². The molecule has 3 aromatic rings. The molecule has 1 fully saturated rings. The molecule has 3 aliphatic heterocycles. The number of aryl methyl sites for hydroxylation is 1.